The van der Waals surface area contributed by atoms with Crippen LogP contribution in [0.2, 0.25) is 5.02 Å². The van der Waals surface area contributed by atoms with Crippen molar-refractivity contribution >= 4 is 29.4 Å². The minimum absolute atomic E-state index is 0.0855. The molecule has 12 heteroatoms. The number of nitrogens with zero attached hydrogens (tertiary/aromatic N) is 4. The first kappa shape index (κ1) is 27.0. The van der Waals surface area contributed by atoms with Crippen LogP contribution in [0.15, 0.2) is 48.9 Å². The van der Waals surface area contributed by atoms with Gasteiger partial charge in [-0.3, -0.25) is 4.79 Å². The van der Waals surface area contributed by atoms with Crippen LogP contribution in [0.4, 0.5) is 19.1 Å². The van der Waals surface area contributed by atoms with Crippen LogP contribution in [0.25, 0.3) is 11.1 Å². The molecule has 0 saturated heterocycles. The van der Waals surface area contributed by atoms with Crippen molar-refractivity contribution in [3.05, 3.63) is 65.2 Å². The molecule has 1 amide bonds. The highest BCUT2D eigenvalue weighted by Crippen LogP contribution is 2.32. The van der Waals surface area contributed by atoms with Gasteiger partial charge in [0.15, 0.2) is 0 Å². The van der Waals surface area contributed by atoms with E-state index in [2.05, 4.69) is 19.9 Å². The number of nitrogens with one attached hydrogen (secondary N) is 1. The molecule has 1 aliphatic rings. The van der Waals surface area contributed by atoms with Gasteiger partial charge in [-0.2, -0.15) is 13.2 Å². The third-order valence-electron chi connectivity index (χ3n) is 5.26. The lowest BCUT2D eigenvalue weighted by Crippen LogP contribution is -2.25. The number of rotatable bonds is 7. The summed E-state index contributed by atoms with van der Waals surface area (Å²) in [6, 6.07) is 9.41. The first-order valence-corrected chi connectivity index (χ1v) is 11.3. The van der Waals surface area contributed by atoms with Gasteiger partial charge in [0.25, 0.3) is 5.91 Å². The highest BCUT2D eigenvalue weighted by atomic mass is 35.5. The summed E-state index contributed by atoms with van der Waals surface area (Å²) in [4.78, 5) is 32.4. The Kier molecular flexibility index (Phi) is 8.57. The standard InChI is InChI=1S/C22H24ClN5O.C2HF3O2/c1-27(2)22-25-11-18(12-26-22)17-9-20(28(14-17)13-16-3-4-16)21(29)24-10-15-5-7-19(23)8-6-15;3-2(4,5)1(6)7/h5-9,11-12,14,16H,3-4,10,13H2,1-2H3,(H,24,29);(H,6,7). The lowest BCUT2D eigenvalue weighted by molar-refractivity contribution is -0.192. The fourth-order valence-electron chi connectivity index (χ4n) is 3.16. The Morgan fingerprint density at radius 2 is 1.72 bits per heavy atom. The fourth-order valence-corrected chi connectivity index (χ4v) is 3.29. The average Bonchev–Trinajstić information content (AvgIpc) is 3.54. The zero-order valence-corrected chi connectivity index (χ0v) is 20.3. The Labute approximate surface area is 210 Å². The molecule has 1 saturated carbocycles. The van der Waals surface area contributed by atoms with E-state index in [1.165, 1.54) is 12.8 Å². The van der Waals surface area contributed by atoms with Gasteiger partial charge in [-0.05, 0) is 42.5 Å². The molecule has 0 atom stereocenters. The number of aliphatic carboxylic acids is 1. The number of aromatic nitrogens is 3. The molecule has 0 bridgehead atoms. The van der Waals surface area contributed by atoms with Gasteiger partial charge >= 0.3 is 12.1 Å². The predicted molar refractivity (Wildman–Crippen MR) is 129 cm³/mol. The molecule has 2 aromatic heterocycles. The number of anilines is 1. The van der Waals surface area contributed by atoms with E-state index < -0.39 is 12.1 Å². The number of carboxylic acids is 1. The molecule has 0 aliphatic heterocycles. The largest absolute Gasteiger partial charge is 0.490 e. The number of carbonyl (C=O) groups excluding carboxylic acids is 1. The molecule has 1 aromatic carbocycles. The second-order valence-corrected chi connectivity index (χ2v) is 8.92. The monoisotopic (exact) mass is 523 g/mol. The van der Waals surface area contributed by atoms with E-state index in [4.69, 9.17) is 21.5 Å². The van der Waals surface area contributed by atoms with Crippen LogP contribution in [-0.2, 0) is 17.9 Å². The minimum Gasteiger partial charge on any atom is -0.475 e. The van der Waals surface area contributed by atoms with E-state index in [9.17, 15) is 18.0 Å². The second kappa shape index (κ2) is 11.4. The van der Waals surface area contributed by atoms with Crippen LogP contribution < -0.4 is 10.2 Å². The van der Waals surface area contributed by atoms with Crippen molar-refractivity contribution in [3.8, 4) is 11.1 Å². The number of hydrogen-bond donors (Lipinski definition) is 2. The smallest absolute Gasteiger partial charge is 0.475 e. The predicted octanol–water partition coefficient (Wildman–Crippen LogP) is 4.64. The molecule has 0 spiro atoms. The van der Waals surface area contributed by atoms with Gasteiger partial charge < -0.3 is 19.9 Å². The average molecular weight is 524 g/mol. The second-order valence-electron chi connectivity index (χ2n) is 8.49. The van der Waals surface area contributed by atoms with Crippen LogP contribution in [-0.4, -0.2) is 51.8 Å². The maximum absolute atomic E-state index is 12.9. The molecule has 1 aliphatic carbocycles. The van der Waals surface area contributed by atoms with Crippen LogP contribution in [0.1, 0.15) is 28.9 Å². The van der Waals surface area contributed by atoms with E-state index in [-0.39, 0.29) is 5.91 Å². The molecule has 4 rings (SSSR count). The zero-order chi connectivity index (χ0) is 26.5. The highest BCUT2D eigenvalue weighted by Gasteiger charge is 2.38. The molecule has 36 heavy (non-hydrogen) atoms. The number of benzene rings is 1. The number of alkyl halides is 3. The first-order chi connectivity index (χ1) is 16.9. The van der Waals surface area contributed by atoms with Crippen LogP contribution in [0, 0.1) is 5.92 Å². The van der Waals surface area contributed by atoms with Gasteiger partial charge in [0.1, 0.15) is 5.69 Å². The van der Waals surface area contributed by atoms with Crippen molar-refractivity contribution in [2.75, 3.05) is 19.0 Å². The summed E-state index contributed by atoms with van der Waals surface area (Å²) < 4.78 is 33.8. The number of carbonyl (C=O) groups is 2. The van der Waals surface area contributed by atoms with Crippen LogP contribution >= 0.6 is 11.6 Å². The van der Waals surface area contributed by atoms with Gasteiger partial charge in [0, 0.05) is 61.9 Å². The summed E-state index contributed by atoms with van der Waals surface area (Å²) in [7, 11) is 3.81. The lowest BCUT2D eigenvalue weighted by atomic mass is 10.2. The van der Waals surface area contributed by atoms with E-state index >= 15 is 0 Å². The molecule has 8 nitrogen and oxygen atoms in total. The normalized spacial score (nSPS) is 12.9. The molecule has 1 fully saturated rings. The fraction of sp³-hybridized carbons (Fsp3) is 0.333. The molecular weight excluding hydrogens is 499 g/mol. The van der Waals surface area contributed by atoms with Gasteiger partial charge in [0.05, 0.1) is 0 Å². The maximum Gasteiger partial charge on any atom is 0.490 e. The Morgan fingerprint density at radius 1 is 1.14 bits per heavy atom. The summed E-state index contributed by atoms with van der Waals surface area (Å²) in [6.07, 6.45) is 2.99. The van der Waals surface area contributed by atoms with E-state index in [0.717, 1.165) is 23.2 Å². The van der Waals surface area contributed by atoms with Gasteiger partial charge in [-0.25, -0.2) is 14.8 Å². The molecule has 2 heterocycles. The molecule has 2 N–H and O–H groups in total. The van der Waals surface area contributed by atoms with Crippen LogP contribution in [0.5, 0.6) is 0 Å². The molecule has 0 radical (unpaired) electrons. The number of halogens is 4. The first-order valence-electron chi connectivity index (χ1n) is 11.0. The van der Waals surface area contributed by atoms with Crippen molar-refractivity contribution in [1.82, 2.24) is 19.9 Å². The number of amides is 1. The third-order valence-corrected chi connectivity index (χ3v) is 5.51. The summed E-state index contributed by atoms with van der Waals surface area (Å²) in [5.41, 5.74) is 3.53. The van der Waals surface area contributed by atoms with Gasteiger partial charge in [-0.15, -0.1) is 0 Å². The third kappa shape index (κ3) is 7.70. The number of hydrogen-bond acceptors (Lipinski definition) is 5. The van der Waals surface area contributed by atoms with Crippen molar-refractivity contribution in [2.45, 2.75) is 32.1 Å². The Hall–Kier alpha value is -3.60. The molecule has 192 valence electrons. The topological polar surface area (TPSA) is 100 Å². The lowest BCUT2D eigenvalue weighted by Gasteiger charge is -2.09. The van der Waals surface area contributed by atoms with Crippen molar-refractivity contribution in [3.63, 3.8) is 0 Å². The zero-order valence-electron chi connectivity index (χ0n) is 19.6. The van der Waals surface area contributed by atoms with Crippen molar-refractivity contribution in [1.29, 1.82) is 0 Å². The minimum atomic E-state index is -5.08. The molecule has 0 unspecified atom stereocenters. The summed E-state index contributed by atoms with van der Waals surface area (Å²) in [5.74, 6) is -1.53. The Balaban J connectivity index is 0.000000454. The molecule has 3 aromatic rings. The van der Waals surface area contributed by atoms with Crippen molar-refractivity contribution in [2.24, 2.45) is 5.92 Å². The van der Waals surface area contributed by atoms with E-state index in [1.807, 2.05) is 55.5 Å². The van der Waals surface area contributed by atoms with Crippen LogP contribution in [0.3, 0.4) is 0 Å². The Morgan fingerprint density at radius 3 is 2.22 bits per heavy atom. The highest BCUT2D eigenvalue weighted by molar-refractivity contribution is 6.30. The Bertz CT molecular complexity index is 1190. The SMILES string of the molecule is CN(C)c1ncc(-c2cc(C(=O)NCc3ccc(Cl)cc3)n(CC3CC3)c2)cn1.O=C(O)C(F)(F)F. The summed E-state index contributed by atoms with van der Waals surface area (Å²) >= 11 is 5.93. The number of carboxylic acid groups (broad SMARTS) is 1. The van der Waals surface area contributed by atoms with Crippen molar-refractivity contribution < 1.29 is 27.9 Å². The maximum atomic E-state index is 12.9. The quantitative estimate of drug-likeness (QED) is 0.468. The molecular formula is C24H25ClF3N5O3. The summed E-state index contributed by atoms with van der Waals surface area (Å²) in [5, 5.41) is 10.8. The van der Waals surface area contributed by atoms with E-state index in [1.54, 1.807) is 12.4 Å². The van der Waals surface area contributed by atoms with E-state index in [0.29, 0.717) is 29.1 Å². The summed E-state index contributed by atoms with van der Waals surface area (Å²) in [6.45, 7) is 1.32. The van der Waals surface area contributed by atoms with Gasteiger partial charge in [-0.1, -0.05) is 23.7 Å². The van der Waals surface area contributed by atoms with Gasteiger partial charge in [0.2, 0.25) is 5.95 Å².